The molecule has 2 nitrogen and oxygen atoms in total. The van der Waals surface area contributed by atoms with Gasteiger partial charge in [0.05, 0.1) is 0 Å². The highest BCUT2D eigenvalue weighted by Crippen LogP contribution is 2.23. The average molecular weight is 270 g/mol. The van der Waals surface area contributed by atoms with E-state index in [9.17, 15) is 0 Å². The zero-order valence-electron chi connectivity index (χ0n) is 13.0. The largest absolute Gasteiger partial charge is 0.327 e. The van der Waals surface area contributed by atoms with Gasteiger partial charge < -0.3 is 10.6 Å². The summed E-state index contributed by atoms with van der Waals surface area (Å²) >= 11 is 0. The molecule has 0 aromatic heterocycles. The van der Waals surface area contributed by atoms with E-state index < -0.39 is 0 Å². The number of nitrogens with two attached hydrogens (primary N) is 1. The van der Waals surface area contributed by atoms with E-state index in [-0.39, 0.29) is 0 Å². The Kier molecular flexibility index (Phi) is 4.18. The van der Waals surface area contributed by atoms with Crippen molar-refractivity contribution in [3.63, 3.8) is 0 Å². The van der Waals surface area contributed by atoms with E-state index in [4.69, 9.17) is 5.73 Å². The number of rotatable bonds is 5. The van der Waals surface area contributed by atoms with Crippen LogP contribution >= 0.6 is 0 Å². The standard InChI is InChI=1S/C17H27BN2/c1-3-16(19)11-20-9-13(10-20)8-15-5-4-14-6-7-18-17(14)12(15)2/h4-5,13,16,18H,3,6-11,19H2,1-2H3. The topological polar surface area (TPSA) is 29.3 Å². The van der Waals surface area contributed by atoms with Crippen molar-refractivity contribution in [1.82, 2.24) is 4.90 Å². The fourth-order valence-corrected chi connectivity index (χ4v) is 3.85. The SMILES string of the molecule is CCC(N)CN1CC(Cc2ccc3c(c2C)BCC3)C1. The van der Waals surface area contributed by atoms with Crippen molar-refractivity contribution >= 4 is 12.7 Å². The van der Waals surface area contributed by atoms with E-state index in [1.807, 2.05) is 0 Å². The van der Waals surface area contributed by atoms with Crippen LogP contribution in [0.1, 0.15) is 30.0 Å². The zero-order chi connectivity index (χ0) is 14.1. The van der Waals surface area contributed by atoms with Crippen molar-refractivity contribution in [2.75, 3.05) is 19.6 Å². The van der Waals surface area contributed by atoms with Gasteiger partial charge in [-0.15, -0.1) is 0 Å². The monoisotopic (exact) mass is 270 g/mol. The lowest BCUT2D eigenvalue weighted by molar-refractivity contribution is 0.0930. The number of hydrogen-bond acceptors (Lipinski definition) is 2. The highest BCUT2D eigenvalue weighted by molar-refractivity contribution is 6.56. The van der Waals surface area contributed by atoms with E-state index in [2.05, 4.69) is 30.9 Å². The molecular weight excluding hydrogens is 243 g/mol. The van der Waals surface area contributed by atoms with Crippen LogP contribution < -0.4 is 11.2 Å². The van der Waals surface area contributed by atoms with Crippen LogP contribution in [0.4, 0.5) is 0 Å². The molecular formula is C17H27BN2. The van der Waals surface area contributed by atoms with E-state index in [0.717, 1.165) is 18.9 Å². The summed E-state index contributed by atoms with van der Waals surface area (Å²) in [5.41, 5.74) is 12.5. The molecule has 20 heavy (non-hydrogen) atoms. The fraction of sp³-hybridized carbons (Fsp3) is 0.647. The van der Waals surface area contributed by atoms with E-state index in [1.165, 1.54) is 39.5 Å². The normalized spacial score (nSPS) is 20.4. The van der Waals surface area contributed by atoms with Crippen molar-refractivity contribution in [2.45, 2.75) is 45.5 Å². The maximum absolute atomic E-state index is 6.03. The number of nitrogens with zero attached hydrogens (tertiary/aromatic N) is 1. The Bertz CT molecular complexity index is 480. The van der Waals surface area contributed by atoms with Crippen LogP contribution in [0.3, 0.4) is 0 Å². The van der Waals surface area contributed by atoms with Crippen molar-refractivity contribution in [3.8, 4) is 0 Å². The second-order valence-electron chi connectivity index (χ2n) is 6.80. The van der Waals surface area contributed by atoms with Crippen molar-refractivity contribution in [1.29, 1.82) is 0 Å². The van der Waals surface area contributed by atoms with Gasteiger partial charge in [-0.05, 0) is 37.7 Å². The lowest BCUT2D eigenvalue weighted by Crippen LogP contribution is -2.51. The first-order valence-electron chi connectivity index (χ1n) is 8.25. The molecule has 0 bridgehead atoms. The van der Waals surface area contributed by atoms with Gasteiger partial charge in [0, 0.05) is 25.7 Å². The number of aryl methyl sites for hydroxylation is 1. The number of benzene rings is 1. The van der Waals surface area contributed by atoms with Gasteiger partial charge in [0.25, 0.3) is 0 Å². The predicted octanol–water partition coefficient (Wildman–Crippen LogP) is 1.24. The molecule has 2 aliphatic heterocycles. The van der Waals surface area contributed by atoms with E-state index in [1.54, 1.807) is 22.2 Å². The molecule has 0 saturated carbocycles. The van der Waals surface area contributed by atoms with Gasteiger partial charge in [0.15, 0.2) is 7.28 Å². The summed E-state index contributed by atoms with van der Waals surface area (Å²) in [6.45, 7) is 8.07. The highest BCUT2D eigenvalue weighted by atomic mass is 15.2. The molecule has 0 radical (unpaired) electrons. The number of hydrogen-bond donors (Lipinski definition) is 1. The molecule has 1 atom stereocenters. The van der Waals surface area contributed by atoms with Crippen LogP contribution in [-0.2, 0) is 12.8 Å². The van der Waals surface area contributed by atoms with Crippen LogP contribution in [-0.4, -0.2) is 37.9 Å². The summed E-state index contributed by atoms with van der Waals surface area (Å²) in [6.07, 6.45) is 5.00. The lowest BCUT2D eigenvalue weighted by Gasteiger charge is -2.41. The summed E-state index contributed by atoms with van der Waals surface area (Å²) in [4.78, 5) is 2.52. The third-order valence-corrected chi connectivity index (χ3v) is 5.24. The van der Waals surface area contributed by atoms with Crippen LogP contribution in [0.5, 0.6) is 0 Å². The average Bonchev–Trinajstić information content (AvgIpc) is 2.87. The summed E-state index contributed by atoms with van der Waals surface area (Å²) in [5.74, 6) is 0.845. The fourth-order valence-electron chi connectivity index (χ4n) is 3.85. The minimum Gasteiger partial charge on any atom is -0.327 e. The first-order chi connectivity index (χ1) is 9.67. The molecule has 3 heteroatoms. The minimum atomic E-state index is 0.359. The third-order valence-electron chi connectivity index (χ3n) is 5.24. The molecule has 1 aromatic carbocycles. The Morgan fingerprint density at radius 2 is 2.20 bits per heavy atom. The van der Waals surface area contributed by atoms with Gasteiger partial charge in [-0.3, -0.25) is 0 Å². The van der Waals surface area contributed by atoms with Gasteiger partial charge in [-0.25, -0.2) is 0 Å². The Labute approximate surface area is 124 Å². The molecule has 2 N–H and O–H groups in total. The summed E-state index contributed by atoms with van der Waals surface area (Å²) in [5, 5.41) is 0. The van der Waals surface area contributed by atoms with Gasteiger partial charge in [-0.2, -0.15) is 0 Å². The molecule has 0 spiro atoms. The quantitative estimate of drug-likeness (QED) is 0.816. The first-order valence-corrected chi connectivity index (χ1v) is 8.25. The maximum atomic E-state index is 6.03. The van der Waals surface area contributed by atoms with Gasteiger partial charge in [0.2, 0.25) is 0 Å². The van der Waals surface area contributed by atoms with Crippen molar-refractivity contribution < 1.29 is 0 Å². The molecule has 1 aromatic rings. The molecule has 3 rings (SSSR count). The second-order valence-corrected chi connectivity index (χ2v) is 6.80. The zero-order valence-corrected chi connectivity index (χ0v) is 13.0. The Morgan fingerprint density at radius 3 is 2.95 bits per heavy atom. The maximum Gasteiger partial charge on any atom is 0.158 e. The second kappa shape index (κ2) is 5.91. The predicted molar refractivity (Wildman–Crippen MR) is 88.4 cm³/mol. The number of likely N-dealkylation sites (tertiary alicyclic amines) is 1. The van der Waals surface area contributed by atoms with E-state index >= 15 is 0 Å². The minimum absolute atomic E-state index is 0.359. The highest BCUT2D eigenvalue weighted by Gasteiger charge is 2.28. The number of fused-ring (bicyclic) bond motifs is 1. The smallest absolute Gasteiger partial charge is 0.158 e. The van der Waals surface area contributed by atoms with Gasteiger partial charge >= 0.3 is 0 Å². The lowest BCUT2D eigenvalue weighted by atomic mass is 9.69. The summed E-state index contributed by atoms with van der Waals surface area (Å²) in [6, 6.07) is 5.13. The van der Waals surface area contributed by atoms with Crippen LogP contribution in [0.2, 0.25) is 6.32 Å². The third kappa shape index (κ3) is 2.80. The van der Waals surface area contributed by atoms with Gasteiger partial charge in [-0.1, -0.05) is 42.0 Å². The molecule has 1 saturated heterocycles. The molecule has 108 valence electrons. The van der Waals surface area contributed by atoms with Crippen molar-refractivity contribution in [3.05, 3.63) is 28.8 Å². The van der Waals surface area contributed by atoms with Crippen LogP contribution in [0.15, 0.2) is 12.1 Å². The van der Waals surface area contributed by atoms with Crippen molar-refractivity contribution in [2.24, 2.45) is 11.7 Å². The molecule has 2 heterocycles. The Morgan fingerprint density at radius 1 is 1.40 bits per heavy atom. The molecule has 1 fully saturated rings. The van der Waals surface area contributed by atoms with E-state index in [0.29, 0.717) is 6.04 Å². The van der Waals surface area contributed by atoms with Gasteiger partial charge in [0.1, 0.15) is 0 Å². The first kappa shape index (κ1) is 14.2. The molecule has 2 aliphatic rings. The summed E-state index contributed by atoms with van der Waals surface area (Å²) in [7, 11) is 1.30. The molecule has 0 aliphatic carbocycles. The van der Waals surface area contributed by atoms with Crippen LogP contribution in [0, 0.1) is 12.8 Å². The molecule has 0 amide bonds. The Balaban J connectivity index is 1.56. The molecule has 1 unspecified atom stereocenters. The Hall–Kier alpha value is -0.795. The summed E-state index contributed by atoms with van der Waals surface area (Å²) < 4.78 is 0. The van der Waals surface area contributed by atoms with Crippen LogP contribution in [0.25, 0.3) is 0 Å².